The number of aryl methyl sites for hydroxylation is 1. The van der Waals surface area contributed by atoms with Gasteiger partial charge < -0.3 is 19.7 Å². The van der Waals surface area contributed by atoms with Crippen LogP contribution in [0.5, 0.6) is 11.5 Å². The molecule has 0 aliphatic carbocycles. The molecule has 3 heterocycles. The van der Waals surface area contributed by atoms with Gasteiger partial charge in [0, 0.05) is 61.2 Å². The molecule has 1 N–H and O–H groups in total. The number of aromatic nitrogens is 2. The number of anilines is 1. The molecule has 0 spiro atoms. The SMILES string of the molecule is COc1cc(-c2csc(NC(C)C)n2)nc2c(C)c(OCCN3CCN(C)CC3)ccc12. The summed E-state index contributed by atoms with van der Waals surface area (Å²) in [6, 6.07) is 6.36. The van der Waals surface area contributed by atoms with Gasteiger partial charge >= 0.3 is 0 Å². The second kappa shape index (κ2) is 10.0. The molecular weight excluding hydrogens is 422 g/mol. The molecule has 7 nitrogen and oxygen atoms in total. The van der Waals surface area contributed by atoms with Crippen molar-refractivity contribution in [2.75, 3.05) is 58.8 Å². The van der Waals surface area contributed by atoms with Crippen LogP contribution in [0.4, 0.5) is 5.13 Å². The summed E-state index contributed by atoms with van der Waals surface area (Å²) in [6.45, 7) is 12.3. The Morgan fingerprint density at radius 2 is 1.88 bits per heavy atom. The summed E-state index contributed by atoms with van der Waals surface area (Å²) in [5.41, 5.74) is 3.57. The number of nitrogens with one attached hydrogen (secondary N) is 1. The van der Waals surface area contributed by atoms with E-state index in [0.29, 0.717) is 12.6 Å². The quantitative estimate of drug-likeness (QED) is 0.548. The van der Waals surface area contributed by atoms with Crippen molar-refractivity contribution in [1.82, 2.24) is 19.8 Å². The van der Waals surface area contributed by atoms with E-state index >= 15 is 0 Å². The largest absolute Gasteiger partial charge is 0.496 e. The van der Waals surface area contributed by atoms with E-state index in [-0.39, 0.29) is 0 Å². The third-order valence-electron chi connectivity index (χ3n) is 5.81. The Labute approximate surface area is 194 Å². The minimum Gasteiger partial charge on any atom is -0.496 e. The first-order valence-electron chi connectivity index (χ1n) is 11.2. The van der Waals surface area contributed by atoms with Crippen LogP contribution in [-0.4, -0.2) is 79.3 Å². The average Bonchev–Trinajstić information content (AvgIpc) is 3.24. The number of rotatable bonds is 8. The number of benzene rings is 1. The van der Waals surface area contributed by atoms with Gasteiger partial charge in [-0.05, 0) is 40.0 Å². The molecule has 0 bridgehead atoms. The maximum atomic E-state index is 6.18. The number of pyridine rings is 1. The zero-order chi connectivity index (χ0) is 22.7. The summed E-state index contributed by atoms with van der Waals surface area (Å²) < 4.78 is 11.9. The lowest BCUT2D eigenvalue weighted by Gasteiger charge is -2.32. The zero-order valence-corrected chi connectivity index (χ0v) is 20.5. The number of hydrogen-bond acceptors (Lipinski definition) is 8. The van der Waals surface area contributed by atoms with Crippen LogP contribution >= 0.6 is 11.3 Å². The van der Waals surface area contributed by atoms with Gasteiger partial charge in [-0.25, -0.2) is 9.97 Å². The number of thiazole rings is 1. The smallest absolute Gasteiger partial charge is 0.183 e. The highest BCUT2D eigenvalue weighted by molar-refractivity contribution is 7.14. The van der Waals surface area contributed by atoms with Crippen molar-refractivity contribution in [1.29, 1.82) is 0 Å². The van der Waals surface area contributed by atoms with Crippen LogP contribution in [0.1, 0.15) is 19.4 Å². The van der Waals surface area contributed by atoms with Gasteiger partial charge in [-0.3, -0.25) is 4.90 Å². The van der Waals surface area contributed by atoms with Crippen molar-refractivity contribution in [2.24, 2.45) is 0 Å². The fourth-order valence-corrected chi connectivity index (χ4v) is 4.75. The molecule has 8 heteroatoms. The van der Waals surface area contributed by atoms with E-state index in [1.165, 1.54) is 0 Å². The highest BCUT2D eigenvalue weighted by atomic mass is 32.1. The summed E-state index contributed by atoms with van der Waals surface area (Å²) in [4.78, 5) is 14.5. The number of likely N-dealkylation sites (N-methyl/N-ethyl adjacent to an activating group) is 1. The average molecular weight is 456 g/mol. The van der Waals surface area contributed by atoms with Crippen molar-refractivity contribution >= 4 is 27.4 Å². The Balaban J connectivity index is 1.56. The number of methoxy groups -OCH3 is 1. The molecule has 0 atom stereocenters. The molecule has 3 aromatic rings. The van der Waals surface area contributed by atoms with Crippen LogP contribution in [-0.2, 0) is 0 Å². The van der Waals surface area contributed by atoms with E-state index in [2.05, 4.69) is 42.9 Å². The minimum absolute atomic E-state index is 0.334. The van der Waals surface area contributed by atoms with E-state index in [0.717, 1.165) is 77.2 Å². The first kappa shape index (κ1) is 22.8. The molecule has 1 aromatic carbocycles. The molecule has 172 valence electrons. The molecule has 2 aromatic heterocycles. The number of fused-ring (bicyclic) bond motifs is 1. The third kappa shape index (κ3) is 5.14. The molecule has 1 aliphatic rings. The first-order chi connectivity index (χ1) is 15.4. The maximum absolute atomic E-state index is 6.18. The number of piperazine rings is 1. The number of nitrogens with zero attached hydrogens (tertiary/aromatic N) is 4. The lowest BCUT2D eigenvalue weighted by molar-refractivity contribution is 0.133. The lowest BCUT2D eigenvalue weighted by Crippen LogP contribution is -2.45. The summed E-state index contributed by atoms with van der Waals surface area (Å²) in [5.74, 6) is 1.67. The normalized spacial score (nSPS) is 15.4. The van der Waals surface area contributed by atoms with Crippen molar-refractivity contribution in [3.8, 4) is 22.9 Å². The van der Waals surface area contributed by atoms with Gasteiger partial charge in [0.15, 0.2) is 5.13 Å². The Kier molecular flexibility index (Phi) is 7.13. The van der Waals surface area contributed by atoms with Crippen molar-refractivity contribution in [3.63, 3.8) is 0 Å². The van der Waals surface area contributed by atoms with Gasteiger partial charge in [0.2, 0.25) is 0 Å². The van der Waals surface area contributed by atoms with Crippen LogP contribution in [0, 0.1) is 6.92 Å². The van der Waals surface area contributed by atoms with E-state index in [1.54, 1.807) is 18.4 Å². The molecule has 0 unspecified atom stereocenters. The molecule has 32 heavy (non-hydrogen) atoms. The van der Waals surface area contributed by atoms with Gasteiger partial charge in [0.1, 0.15) is 23.8 Å². The fourth-order valence-electron chi connectivity index (χ4n) is 3.90. The number of ether oxygens (including phenoxy) is 2. The highest BCUT2D eigenvalue weighted by Gasteiger charge is 2.16. The Morgan fingerprint density at radius 3 is 2.59 bits per heavy atom. The van der Waals surface area contributed by atoms with Crippen molar-refractivity contribution in [3.05, 3.63) is 29.1 Å². The minimum atomic E-state index is 0.334. The predicted octanol–water partition coefficient (Wildman–Crippen LogP) is 4.12. The summed E-state index contributed by atoms with van der Waals surface area (Å²) >= 11 is 1.59. The molecule has 0 amide bonds. The molecule has 1 aliphatic heterocycles. The predicted molar refractivity (Wildman–Crippen MR) is 132 cm³/mol. The van der Waals surface area contributed by atoms with Crippen LogP contribution in [0.25, 0.3) is 22.3 Å². The monoisotopic (exact) mass is 455 g/mol. The Morgan fingerprint density at radius 1 is 1.09 bits per heavy atom. The molecule has 4 rings (SSSR count). The summed E-state index contributed by atoms with van der Waals surface area (Å²) in [7, 11) is 3.87. The van der Waals surface area contributed by atoms with Gasteiger partial charge in [0.25, 0.3) is 0 Å². The van der Waals surface area contributed by atoms with E-state index in [9.17, 15) is 0 Å². The Hall–Kier alpha value is -2.42. The second-order valence-electron chi connectivity index (χ2n) is 8.62. The highest BCUT2D eigenvalue weighted by Crippen LogP contribution is 2.35. The van der Waals surface area contributed by atoms with E-state index < -0.39 is 0 Å². The van der Waals surface area contributed by atoms with Gasteiger partial charge in [0.05, 0.1) is 18.3 Å². The molecular formula is C24H33N5O2S. The summed E-state index contributed by atoms with van der Waals surface area (Å²) in [5, 5.41) is 7.27. The maximum Gasteiger partial charge on any atom is 0.183 e. The molecule has 1 fully saturated rings. The van der Waals surface area contributed by atoms with Crippen LogP contribution < -0.4 is 14.8 Å². The zero-order valence-electron chi connectivity index (χ0n) is 19.6. The molecule has 1 saturated heterocycles. The standard InChI is InChI=1S/C24H33N5O2S/c1-16(2)25-24-27-20(15-32-24)19-14-22(30-5)18-6-7-21(17(3)23(18)26-19)31-13-12-29-10-8-28(4)9-11-29/h6-7,14-16H,8-13H2,1-5H3,(H,25,27). The van der Waals surface area contributed by atoms with Gasteiger partial charge in [-0.15, -0.1) is 11.3 Å². The van der Waals surface area contributed by atoms with Crippen LogP contribution in [0.3, 0.4) is 0 Å². The molecule has 0 radical (unpaired) electrons. The third-order valence-corrected chi connectivity index (χ3v) is 6.58. The fraction of sp³-hybridized carbons (Fsp3) is 0.500. The topological polar surface area (TPSA) is 62.8 Å². The second-order valence-corrected chi connectivity index (χ2v) is 9.48. The first-order valence-corrected chi connectivity index (χ1v) is 12.1. The van der Waals surface area contributed by atoms with E-state index in [4.69, 9.17) is 19.4 Å². The Bertz CT molecular complexity index is 1060. The van der Waals surface area contributed by atoms with Gasteiger partial charge in [-0.1, -0.05) is 0 Å². The van der Waals surface area contributed by atoms with Gasteiger partial charge in [-0.2, -0.15) is 0 Å². The molecule has 0 saturated carbocycles. The lowest BCUT2D eigenvalue weighted by atomic mass is 10.1. The van der Waals surface area contributed by atoms with Crippen molar-refractivity contribution < 1.29 is 9.47 Å². The summed E-state index contributed by atoms with van der Waals surface area (Å²) in [6.07, 6.45) is 0. The van der Waals surface area contributed by atoms with Crippen molar-refractivity contribution in [2.45, 2.75) is 26.8 Å². The number of hydrogen-bond donors (Lipinski definition) is 1. The van der Waals surface area contributed by atoms with Crippen LogP contribution in [0.15, 0.2) is 23.6 Å². The van der Waals surface area contributed by atoms with E-state index in [1.807, 2.05) is 23.6 Å². The van der Waals surface area contributed by atoms with Crippen LogP contribution in [0.2, 0.25) is 0 Å².